The second-order valence-electron chi connectivity index (χ2n) is 10.1. The highest BCUT2D eigenvalue weighted by molar-refractivity contribution is 9.10. The van der Waals surface area contributed by atoms with Crippen LogP contribution < -0.4 is 10.1 Å². The molecule has 3 rings (SSSR count). The van der Waals surface area contributed by atoms with Crippen molar-refractivity contribution in [2.75, 3.05) is 0 Å². The highest BCUT2D eigenvalue weighted by Crippen LogP contribution is 2.36. The lowest BCUT2D eigenvalue weighted by molar-refractivity contribution is 0.0694. The molecule has 3 aromatic rings. The Kier molecular flexibility index (Phi) is 6.15. The largest absolute Gasteiger partial charge is 0.478 e. The molecule has 0 aliphatic rings. The van der Waals surface area contributed by atoms with Crippen LogP contribution in [0, 0.1) is 0 Å². The third kappa shape index (κ3) is 4.57. The van der Waals surface area contributed by atoms with E-state index in [1.807, 2.05) is 6.07 Å². The lowest BCUT2D eigenvalue weighted by Gasteiger charge is -2.29. The van der Waals surface area contributed by atoms with Crippen molar-refractivity contribution >= 4 is 47.0 Å². The molecule has 1 radical (unpaired) electrons. The lowest BCUT2D eigenvalue weighted by atomic mass is 9.87. The number of aromatic nitrogens is 2. The van der Waals surface area contributed by atoms with Crippen LogP contribution in [0.3, 0.4) is 0 Å². The predicted molar refractivity (Wildman–Crippen MR) is 132 cm³/mol. The summed E-state index contributed by atoms with van der Waals surface area (Å²) in [5, 5.41) is 12.0. The van der Waals surface area contributed by atoms with Gasteiger partial charge in [0.1, 0.15) is 31.5 Å². The molecule has 0 aliphatic heterocycles. The van der Waals surface area contributed by atoms with Gasteiger partial charge in [-0.05, 0) is 56.0 Å². The van der Waals surface area contributed by atoms with E-state index >= 15 is 0 Å². The van der Waals surface area contributed by atoms with E-state index in [1.165, 1.54) is 16.9 Å². The van der Waals surface area contributed by atoms with Gasteiger partial charge in [0.25, 0.3) is 0 Å². The van der Waals surface area contributed by atoms with Crippen molar-refractivity contribution in [1.29, 1.82) is 0 Å². The zero-order valence-corrected chi connectivity index (χ0v) is 22.0. The Morgan fingerprint density at radius 3 is 2.29 bits per heavy atom. The van der Waals surface area contributed by atoms with Gasteiger partial charge in [0.15, 0.2) is 0 Å². The standard InChI is InChI=1S/C24H30BrN2O3Si/c1-23(2,3)19-17-12-15(30-18-11-14(25)9-10-16(18)22(28)29)13-26-20(17)27(24(4,5)6)21(19)31(7)8/h9-13H,1-8H3,(H,28,29). The highest BCUT2D eigenvalue weighted by atomic mass is 79.9. The summed E-state index contributed by atoms with van der Waals surface area (Å²) < 4.78 is 9.18. The molecule has 0 aliphatic carbocycles. The van der Waals surface area contributed by atoms with Crippen molar-refractivity contribution in [2.24, 2.45) is 0 Å². The zero-order valence-electron chi connectivity index (χ0n) is 19.4. The molecule has 1 aromatic carbocycles. The SMILES string of the molecule is C[Si](C)c1c(C(C)(C)C)c2cc(Oc3cc(Br)ccc3C(=O)O)cnc2n1C(C)(C)C. The normalized spacial score (nSPS) is 12.6. The molecular weight excluding hydrogens is 472 g/mol. The van der Waals surface area contributed by atoms with Crippen LogP contribution in [0.1, 0.15) is 57.5 Å². The maximum Gasteiger partial charge on any atom is 0.339 e. The van der Waals surface area contributed by atoms with Gasteiger partial charge in [0.05, 0.1) is 6.20 Å². The van der Waals surface area contributed by atoms with Crippen molar-refractivity contribution in [3.05, 3.63) is 46.1 Å². The first-order valence-electron chi connectivity index (χ1n) is 10.3. The van der Waals surface area contributed by atoms with E-state index in [-0.39, 0.29) is 22.3 Å². The number of carbonyl (C=O) groups is 1. The molecule has 1 N–H and O–H groups in total. The second-order valence-corrected chi connectivity index (χ2v) is 13.5. The molecule has 7 heteroatoms. The van der Waals surface area contributed by atoms with Crippen molar-refractivity contribution in [3.8, 4) is 11.5 Å². The average Bonchev–Trinajstić information content (AvgIpc) is 2.96. The fraction of sp³-hybridized carbons (Fsp3) is 0.417. The number of nitrogens with zero attached hydrogens (tertiary/aromatic N) is 2. The van der Waals surface area contributed by atoms with Crippen molar-refractivity contribution < 1.29 is 14.6 Å². The Balaban J connectivity index is 2.28. The summed E-state index contributed by atoms with van der Waals surface area (Å²) in [6.45, 7) is 17.9. The molecule has 0 amide bonds. The van der Waals surface area contributed by atoms with E-state index in [2.05, 4.69) is 75.1 Å². The molecule has 0 bridgehead atoms. The van der Waals surface area contributed by atoms with Gasteiger partial charge in [-0.15, -0.1) is 0 Å². The molecule has 0 atom stereocenters. The minimum atomic E-state index is -1.03. The molecule has 5 nitrogen and oxygen atoms in total. The number of aromatic carboxylic acids is 1. The third-order valence-corrected chi connectivity index (χ3v) is 6.99. The number of carboxylic acid groups (broad SMARTS) is 1. The molecular formula is C24H30BrN2O3Si. The highest BCUT2D eigenvalue weighted by Gasteiger charge is 2.32. The average molecular weight is 503 g/mol. The number of hydrogen-bond acceptors (Lipinski definition) is 3. The lowest BCUT2D eigenvalue weighted by Crippen LogP contribution is -2.42. The van der Waals surface area contributed by atoms with Crippen LogP contribution in [0.2, 0.25) is 13.1 Å². The number of pyridine rings is 1. The zero-order chi connectivity index (χ0) is 23.3. The first-order valence-corrected chi connectivity index (χ1v) is 13.6. The van der Waals surface area contributed by atoms with Gasteiger partial charge in [-0.1, -0.05) is 49.8 Å². The fourth-order valence-corrected chi connectivity index (χ4v) is 6.21. The van der Waals surface area contributed by atoms with Crippen LogP contribution >= 0.6 is 15.9 Å². The Morgan fingerprint density at radius 2 is 1.77 bits per heavy atom. The van der Waals surface area contributed by atoms with E-state index in [0.717, 1.165) is 15.5 Å². The number of carboxylic acids is 1. The Labute approximate surface area is 194 Å². The topological polar surface area (TPSA) is 64.3 Å². The van der Waals surface area contributed by atoms with E-state index in [9.17, 15) is 9.90 Å². The van der Waals surface area contributed by atoms with Gasteiger partial charge in [-0.25, -0.2) is 9.78 Å². The molecule has 165 valence electrons. The smallest absolute Gasteiger partial charge is 0.339 e. The number of hydrogen-bond donors (Lipinski definition) is 1. The molecule has 0 saturated heterocycles. The van der Waals surface area contributed by atoms with E-state index in [4.69, 9.17) is 9.72 Å². The van der Waals surface area contributed by atoms with Gasteiger partial charge < -0.3 is 14.4 Å². The van der Waals surface area contributed by atoms with Gasteiger partial charge in [0, 0.05) is 20.7 Å². The summed E-state index contributed by atoms with van der Waals surface area (Å²) in [5.41, 5.74) is 2.16. The van der Waals surface area contributed by atoms with Crippen LogP contribution in [-0.2, 0) is 11.0 Å². The molecule has 0 fully saturated rings. The molecule has 2 aromatic heterocycles. The van der Waals surface area contributed by atoms with Crippen LogP contribution in [0.5, 0.6) is 11.5 Å². The van der Waals surface area contributed by atoms with E-state index in [0.29, 0.717) is 5.75 Å². The van der Waals surface area contributed by atoms with Crippen molar-refractivity contribution in [2.45, 2.75) is 65.6 Å². The Morgan fingerprint density at radius 1 is 1.13 bits per heavy atom. The summed E-state index contributed by atoms with van der Waals surface area (Å²) in [6.07, 6.45) is 1.69. The summed E-state index contributed by atoms with van der Waals surface area (Å²) in [6, 6.07) is 6.90. The molecule has 0 saturated carbocycles. The summed E-state index contributed by atoms with van der Waals surface area (Å²) in [4.78, 5) is 16.5. The van der Waals surface area contributed by atoms with Crippen LogP contribution in [0.4, 0.5) is 0 Å². The molecule has 0 unspecified atom stereocenters. The Bertz CT molecular complexity index is 1150. The van der Waals surface area contributed by atoms with Gasteiger partial charge in [0.2, 0.25) is 0 Å². The number of benzene rings is 1. The first-order chi connectivity index (χ1) is 14.2. The first kappa shape index (κ1) is 23.5. The van der Waals surface area contributed by atoms with Crippen molar-refractivity contribution in [3.63, 3.8) is 0 Å². The van der Waals surface area contributed by atoms with E-state index in [1.54, 1.807) is 18.3 Å². The summed E-state index contributed by atoms with van der Waals surface area (Å²) in [7, 11) is -0.793. The third-order valence-electron chi connectivity index (χ3n) is 5.08. The Hall–Kier alpha value is -2.12. The molecule has 31 heavy (non-hydrogen) atoms. The quantitative estimate of drug-likeness (QED) is 0.425. The number of rotatable bonds is 4. The molecule has 2 heterocycles. The number of halogens is 1. The van der Waals surface area contributed by atoms with Gasteiger partial charge in [-0.3, -0.25) is 0 Å². The van der Waals surface area contributed by atoms with Crippen LogP contribution in [0.25, 0.3) is 11.0 Å². The van der Waals surface area contributed by atoms with Crippen molar-refractivity contribution in [1.82, 2.24) is 9.55 Å². The number of fused-ring (bicyclic) bond motifs is 1. The minimum absolute atomic E-state index is 0.0751. The van der Waals surface area contributed by atoms with E-state index < -0.39 is 14.8 Å². The van der Waals surface area contributed by atoms with Gasteiger partial charge in [-0.2, -0.15) is 0 Å². The maximum absolute atomic E-state index is 11.6. The number of ether oxygens (including phenoxy) is 1. The monoisotopic (exact) mass is 501 g/mol. The maximum atomic E-state index is 11.6. The minimum Gasteiger partial charge on any atom is -0.478 e. The second kappa shape index (κ2) is 8.09. The predicted octanol–water partition coefficient (Wildman–Crippen LogP) is 6.30. The van der Waals surface area contributed by atoms with Crippen LogP contribution in [-0.4, -0.2) is 29.4 Å². The van der Waals surface area contributed by atoms with Crippen LogP contribution in [0.15, 0.2) is 34.9 Å². The summed E-state index contributed by atoms with van der Waals surface area (Å²) >= 11 is 3.40. The fourth-order valence-electron chi connectivity index (χ4n) is 3.97. The summed E-state index contributed by atoms with van der Waals surface area (Å²) in [5.74, 6) is -0.221. The van der Waals surface area contributed by atoms with Gasteiger partial charge >= 0.3 is 5.97 Å². The molecule has 0 spiro atoms.